The predicted molar refractivity (Wildman–Crippen MR) is 97.4 cm³/mol. The lowest BCUT2D eigenvalue weighted by molar-refractivity contribution is -0.385. The third-order valence-corrected chi connectivity index (χ3v) is 3.81. The molecule has 0 aliphatic carbocycles. The number of aromatic hydroxyl groups is 2. The summed E-state index contributed by atoms with van der Waals surface area (Å²) in [4.78, 5) is 43.6. The molecular formula is C16H10N4O8. The van der Waals surface area contributed by atoms with E-state index in [1.807, 2.05) is 0 Å². The molecule has 0 fully saturated rings. The first-order valence-corrected chi connectivity index (χ1v) is 7.51. The molecule has 0 amide bonds. The number of hydrogen-bond acceptors (Lipinski definition) is 10. The SMILES string of the molecule is O=c1c(Nc2ccc([N+](=O)[O-])cc2O)c(Nc2ccc([N+](=O)[O-])cc2O)c1=O. The second kappa shape index (κ2) is 6.68. The Labute approximate surface area is 154 Å². The van der Waals surface area contributed by atoms with Gasteiger partial charge in [0.1, 0.15) is 22.9 Å². The van der Waals surface area contributed by atoms with Crippen molar-refractivity contribution in [2.45, 2.75) is 0 Å². The number of rotatable bonds is 6. The maximum absolute atomic E-state index is 11.8. The molecule has 0 saturated carbocycles. The first kappa shape index (κ1) is 18.3. The Hall–Kier alpha value is -4.48. The Morgan fingerprint density at radius 2 is 1.07 bits per heavy atom. The van der Waals surface area contributed by atoms with Crippen LogP contribution in [0.15, 0.2) is 46.0 Å². The van der Waals surface area contributed by atoms with Crippen molar-refractivity contribution in [1.29, 1.82) is 0 Å². The number of non-ortho nitro benzene ring substituents is 2. The van der Waals surface area contributed by atoms with Gasteiger partial charge in [-0.05, 0) is 12.1 Å². The fourth-order valence-electron chi connectivity index (χ4n) is 2.38. The van der Waals surface area contributed by atoms with Gasteiger partial charge in [0.25, 0.3) is 22.2 Å². The molecule has 142 valence electrons. The molecule has 0 aromatic heterocycles. The van der Waals surface area contributed by atoms with Crippen molar-refractivity contribution in [2.75, 3.05) is 10.6 Å². The molecule has 0 aliphatic rings. The first-order chi connectivity index (χ1) is 13.2. The summed E-state index contributed by atoms with van der Waals surface area (Å²) in [5.41, 5.74) is -3.19. The Bertz CT molecular complexity index is 1100. The molecule has 3 rings (SSSR count). The summed E-state index contributed by atoms with van der Waals surface area (Å²) in [6, 6.07) is 6.20. The summed E-state index contributed by atoms with van der Waals surface area (Å²) in [5.74, 6) is -1.04. The molecule has 0 unspecified atom stereocenters. The number of nitrogens with zero attached hydrogens (tertiary/aromatic N) is 2. The number of nitrogens with one attached hydrogen (secondary N) is 2. The third kappa shape index (κ3) is 3.16. The molecule has 0 atom stereocenters. The highest BCUT2D eigenvalue weighted by molar-refractivity contribution is 5.84. The van der Waals surface area contributed by atoms with E-state index in [0.717, 1.165) is 36.4 Å². The van der Waals surface area contributed by atoms with E-state index in [2.05, 4.69) is 10.6 Å². The number of nitro groups is 2. The predicted octanol–water partition coefficient (Wildman–Crippen LogP) is 2.00. The molecule has 0 saturated heterocycles. The lowest BCUT2D eigenvalue weighted by atomic mass is 10.1. The number of anilines is 4. The average molecular weight is 386 g/mol. The van der Waals surface area contributed by atoms with Crippen LogP contribution in [0.1, 0.15) is 0 Å². The van der Waals surface area contributed by atoms with E-state index >= 15 is 0 Å². The van der Waals surface area contributed by atoms with E-state index in [0.29, 0.717) is 0 Å². The summed E-state index contributed by atoms with van der Waals surface area (Å²) < 4.78 is 0. The highest BCUT2D eigenvalue weighted by Crippen LogP contribution is 2.34. The Morgan fingerprint density at radius 1 is 0.714 bits per heavy atom. The van der Waals surface area contributed by atoms with Gasteiger partial charge in [0.15, 0.2) is 0 Å². The van der Waals surface area contributed by atoms with Crippen molar-refractivity contribution >= 4 is 34.1 Å². The van der Waals surface area contributed by atoms with Crippen molar-refractivity contribution < 1.29 is 20.1 Å². The van der Waals surface area contributed by atoms with Gasteiger partial charge >= 0.3 is 0 Å². The number of phenols is 2. The average Bonchev–Trinajstić information content (AvgIpc) is 2.65. The van der Waals surface area contributed by atoms with Gasteiger partial charge in [0, 0.05) is 12.1 Å². The van der Waals surface area contributed by atoms with Crippen LogP contribution in [0.4, 0.5) is 34.1 Å². The van der Waals surface area contributed by atoms with Crippen LogP contribution >= 0.6 is 0 Å². The maximum atomic E-state index is 11.8. The van der Waals surface area contributed by atoms with E-state index in [4.69, 9.17) is 0 Å². The van der Waals surface area contributed by atoms with Gasteiger partial charge in [0.05, 0.1) is 33.4 Å². The summed E-state index contributed by atoms with van der Waals surface area (Å²) in [6.45, 7) is 0. The zero-order valence-corrected chi connectivity index (χ0v) is 13.7. The molecule has 3 aromatic carbocycles. The smallest absolute Gasteiger partial charge is 0.273 e. The van der Waals surface area contributed by atoms with Crippen LogP contribution in [0.5, 0.6) is 11.5 Å². The Balaban J connectivity index is 1.90. The number of nitro benzene ring substituents is 2. The van der Waals surface area contributed by atoms with Crippen molar-refractivity contribution in [2.24, 2.45) is 0 Å². The lowest BCUT2D eigenvalue weighted by Gasteiger charge is -2.16. The fourth-order valence-corrected chi connectivity index (χ4v) is 2.38. The van der Waals surface area contributed by atoms with Crippen LogP contribution in [0.25, 0.3) is 0 Å². The van der Waals surface area contributed by atoms with Gasteiger partial charge in [-0.3, -0.25) is 29.8 Å². The normalized spacial score (nSPS) is 10.6. The van der Waals surface area contributed by atoms with E-state index in [1.165, 1.54) is 0 Å². The topological polar surface area (TPSA) is 185 Å². The summed E-state index contributed by atoms with van der Waals surface area (Å²) >= 11 is 0. The van der Waals surface area contributed by atoms with Gasteiger partial charge < -0.3 is 20.8 Å². The van der Waals surface area contributed by atoms with Crippen LogP contribution in [0.2, 0.25) is 0 Å². The summed E-state index contributed by atoms with van der Waals surface area (Å²) in [7, 11) is 0. The molecule has 28 heavy (non-hydrogen) atoms. The second-order valence-electron chi connectivity index (χ2n) is 5.58. The van der Waals surface area contributed by atoms with Gasteiger partial charge in [-0.2, -0.15) is 0 Å². The maximum Gasteiger partial charge on any atom is 0.273 e. The monoisotopic (exact) mass is 386 g/mol. The van der Waals surface area contributed by atoms with E-state index in [1.54, 1.807) is 0 Å². The largest absolute Gasteiger partial charge is 0.506 e. The quantitative estimate of drug-likeness (QED) is 0.211. The number of benzene rings is 2. The zero-order chi connectivity index (χ0) is 20.6. The minimum absolute atomic E-state index is 0.0614. The Kier molecular flexibility index (Phi) is 4.37. The molecule has 0 spiro atoms. The number of hydrogen-bond donors (Lipinski definition) is 4. The van der Waals surface area contributed by atoms with Gasteiger partial charge in [-0.1, -0.05) is 0 Å². The molecule has 0 aliphatic heterocycles. The minimum Gasteiger partial charge on any atom is -0.506 e. The lowest BCUT2D eigenvalue weighted by Crippen LogP contribution is -2.35. The molecule has 0 heterocycles. The molecular weight excluding hydrogens is 376 g/mol. The van der Waals surface area contributed by atoms with Crippen LogP contribution < -0.4 is 21.5 Å². The highest BCUT2D eigenvalue weighted by atomic mass is 16.6. The molecule has 12 nitrogen and oxygen atoms in total. The van der Waals surface area contributed by atoms with Crippen LogP contribution in [0.3, 0.4) is 0 Å². The van der Waals surface area contributed by atoms with Crippen molar-refractivity contribution in [3.8, 4) is 11.5 Å². The fraction of sp³-hybridized carbons (Fsp3) is 0. The van der Waals surface area contributed by atoms with E-state index in [-0.39, 0.29) is 34.1 Å². The highest BCUT2D eigenvalue weighted by Gasteiger charge is 2.24. The molecule has 0 bridgehead atoms. The minimum atomic E-state index is -0.915. The third-order valence-electron chi connectivity index (χ3n) is 3.81. The van der Waals surface area contributed by atoms with E-state index < -0.39 is 32.2 Å². The zero-order valence-electron chi connectivity index (χ0n) is 13.7. The molecule has 0 radical (unpaired) electrons. The van der Waals surface area contributed by atoms with Gasteiger partial charge in [-0.15, -0.1) is 0 Å². The molecule has 4 N–H and O–H groups in total. The van der Waals surface area contributed by atoms with Crippen LogP contribution in [0, 0.1) is 20.2 Å². The van der Waals surface area contributed by atoms with Crippen molar-refractivity contribution in [1.82, 2.24) is 0 Å². The molecule has 3 aromatic rings. The van der Waals surface area contributed by atoms with Gasteiger partial charge in [0.2, 0.25) is 0 Å². The van der Waals surface area contributed by atoms with Crippen LogP contribution in [-0.4, -0.2) is 20.1 Å². The summed E-state index contributed by atoms with van der Waals surface area (Å²) in [5, 5.41) is 46.1. The van der Waals surface area contributed by atoms with Gasteiger partial charge in [-0.25, -0.2) is 0 Å². The number of phenolic OH excluding ortho intramolecular Hbond substituents is 2. The Morgan fingerprint density at radius 3 is 1.36 bits per heavy atom. The summed E-state index contributed by atoms with van der Waals surface area (Å²) in [6.07, 6.45) is 0. The second-order valence-corrected chi connectivity index (χ2v) is 5.58. The van der Waals surface area contributed by atoms with E-state index in [9.17, 15) is 40.0 Å². The molecule has 12 heteroatoms. The standard InChI is InChI=1S/C16H10N4O8/c21-11-5-7(19(25)26)1-3-9(11)17-13-14(16(24)15(13)23)18-10-4-2-8(20(27)28)6-12(10)22/h1-6,17-18,21-22H. The van der Waals surface area contributed by atoms with Crippen molar-refractivity contribution in [3.05, 3.63) is 77.1 Å². The first-order valence-electron chi connectivity index (χ1n) is 7.51. The van der Waals surface area contributed by atoms with Crippen molar-refractivity contribution in [3.63, 3.8) is 0 Å². The van der Waals surface area contributed by atoms with Crippen LogP contribution in [-0.2, 0) is 0 Å².